The molecule has 3 heterocycles. The number of halogens is 1. The number of β-amino-alcohol motifs (C(OH)–C–C–N with tert-alkyl or cyclic N) is 1. The van der Waals surface area contributed by atoms with E-state index in [1.54, 1.807) is 17.3 Å². The number of rotatable bonds is 2. The largest absolute Gasteiger partial charge is 0.391 e. The average Bonchev–Trinajstić information content (AvgIpc) is 3.07. The van der Waals surface area contributed by atoms with Crippen molar-refractivity contribution in [2.24, 2.45) is 0 Å². The summed E-state index contributed by atoms with van der Waals surface area (Å²) in [5, 5.41) is 10.4. The third kappa shape index (κ3) is 3.34. The zero-order chi connectivity index (χ0) is 17.4. The first-order valence-electron chi connectivity index (χ1n) is 8.55. The van der Waals surface area contributed by atoms with Crippen LogP contribution in [0.1, 0.15) is 27.9 Å². The van der Waals surface area contributed by atoms with Crippen LogP contribution >= 0.6 is 11.6 Å². The normalized spacial score (nSPS) is 19.8. The summed E-state index contributed by atoms with van der Waals surface area (Å²) in [4.78, 5) is 20.8. The molecule has 2 aliphatic rings. The summed E-state index contributed by atoms with van der Waals surface area (Å²) in [6, 6.07) is 7.92. The molecule has 1 fully saturated rings. The molecule has 130 valence electrons. The Bertz CT molecular complexity index is 811. The van der Waals surface area contributed by atoms with Crippen molar-refractivity contribution in [1.82, 2.24) is 9.88 Å². The van der Waals surface area contributed by atoms with Crippen molar-refractivity contribution < 1.29 is 9.90 Å². The smallest absolute Gasteiger partial charge is 0.255 e. The molecule has 1 amide bonds. The quantitative estimate of drug-likeness (QED) is 0.897. The molecule has 0 radical (unpaired) electrons. The minimum absolute atomic E-state index is 0.0601. The number of fused-ring (bicyclic) bond motifs is 1. The number of nitrogens with zero attached hydrogens (tertiary/aromatic N) is 3. The molecule has 0 bridgehead atoms. The molecule has 1 atom stereocenters. The number of pyridine rings is 1. The topological polar surface area (TPSA) is 56.7 Å². The maximum Gasteiger partial charge on any atom is 0.255 e. The first-order chi connectivity index (χ1) is 12.1. The Balaban J connectivity index is 1.54. The molecule has 1 saturated heterocycles. The summed E-state index contributed by atoms with van der Waals surface area (Å²) in [5.74, 6) is -0.0601. The van der Waals surface area contributed by atoms with E-state index >= 15 is 0 Å². The van der Waals surface area contributed by atoms with Crippen LogP contribution < -0.4 is 4.90 Å². The SMILES string of the molecule is O=C(c1cncc(N2CCc3cc(Cl)ccc3C2)c1)N1CCC(O)C1. The fourth-order valence-corrected chi connectivity index (χ4v) is 3.76. The van der Waals surface area contributed by atoms with E-state index in [-0.39, 0.29) is 5.91 Å². The predicted molar refractivity (Wildman–Crippen MR) is 97.0 cm³/mol. The highest BCUT2D eigenvalue weighted by Gasteiger charge is 2.26. The van der Waals surface area contributed by atoms with E-state index in [9.17, 15) is 9.90 Å². The van der Waals surface area contributed by atoms with Gasteiger partial charge in [0.1, 0.15) is 0 Å². The molecule has 25 heavy (non-hydrogen) atoms. The number of aliphatic hydroxyl groups is 1. The molecule has 1 aromatic heterocycles. The Morgan fingerprint density at radius 1 is 1.20 bits per heavy atom. The van der Waals surface area contributed by atoms with Gasteiger partial charge in [0.15, 0.2) is 0 Å². The van der Waals surface area contributed by atoms with Crippen molar-refractivity contribution in [1.29, 1.82) is 0 Å². The second kappa shape index (κ2) is 6.65. The number of carbonyl (C=O) groups excluding carboxylic acids is 1. The molecular formula is C19H20ClN3O2. The standard InChI is InChI=1S/C19H20ClN3O2/c20-16-2-1-14-11-22(5-3-13(14)7-16)17-8-15(9-21-10-17)19(25)23-6-4-18(24)12-23/h1-2,7-10,18,24H,3-6,11-12H2. The van der Waals surface area contributed by atoms with Crippen LogP contribution in [-0.2, 0) is 13.0 Å². The first kappa shape index (κ1) is 16.4. The van der Waals surface area contributed by atoms with Crippen LogP contribution in [0.15, 0.2) is 36.7 Å². The third-order valence-electron chi connectivity index (χ3n) is 4.97. The molecule has 4 rings (SSSR count). The van der Waals surface area contributed by atoms with Crippen molar-refractivity contribution in [3.05, 3.63) is 58.4 Å². The number of likely N-dealkylation sites (tertiary alicyclic amines) is 1. The van der Waals surface area contributed by atoms with Crippen molar-refractivity contribution >= 4 is 23.2 Å². The maximum absolute atomic E-state index is 12.6. The van der Waals surface area contributed by atoms with E-state index < -0.39 is 6.10 Å². The number of carbonyl (C=O) groups is 1. The summed E-state index contributed by atoms with van der Waals surface area (Å²) in [6.45, 7) is 2.66. The monoisotopic (exact) mass is 357 g/mol. The molecule has 0 saturated carbocycles. The molecule has 1 aromatic carbocycles. The van der Waals surface area contributed by atoms with Crippen LogP contribution in [0.4, 0.5) is 5.69 Å². The van der Waals surface area contributed by atoms with E-state index in [2.05, 4.69) is 16.0 Å². The van der Waals surface area contributed by atoms with Gasteiger partial charge in [0, 0.05) is 37.4 Å². The molecule has 5 nitrogen and oxygen atoms in total. The maximum atomic E-state index is 12.6. The Labute approximate surface area is 151 Å². The number of hydrogen-bond acceptors (Lipinski definition) is 4. The molecule has 0 aliphatic carbocycles. The lowest BCUT2D eigenvalue weighted by Crippen LogP contribution is -2.32. The van der Waals surface area contributed by atoms with Gasteiger partial charge in [-0.1, -0.05) is 17.7 Å². The molecule has 1 unspecified atom stereocenters. The van der Waals surface area contributed by atoms with Gasteiger partial charge >= 0.3 is 0 Å². The summed E-state index contributed by atoms with van der Waals surface area (Å²) in [6.07, 6.45) is 4.56. The molecule has 0 spiro atoms. The Morgan fingerprint density at radius 2 is 2.08 bits per heavy atom. The number of hydrogen-bond donors (Lipinski definition) is 1. The molecular weight excluding hydrogens is 338 g/mol. The average molecular weight is 358 g/mol. The van der Waals surface area contributed by atoms with Crippen molar-refractivity contribution in [3.8, 4) is 0 Å². The van der Waals surface area contributed by atoms with Gasteiger partial charge in [-0.15, -0.1) is 0 Å². The Morgan fingerprint density at radius 3 is 2.88 bits per heavy atom. The molecule has 1 N–H and O–H groups in total. The summed E-state index contributed by atoms with van der Waals surface area (Å²) >= 11 is 6.07. The van der Waals surface area contributed by atoms with Gasteiger partial charge in [0.05, 0.1) is 23.6 Å². The van der Waals surface area contributed by atoms with Gasteiger partial charge in [-0.3, -0.25) is 9.78 Å². The van der Waals surface area contributed by atoms with Crippen LogP contribution in [0.5, 0.6) is 0 Å². The number of anilines is 1. The minimum atomic E-state index is -0.412. The lowest BCUT2D eigenvalue weighted by Gasteiger charge is -2.31. The van der Waals surface area contributed by atoms with Crippen LogP contribution in [0.3, 0.4) is 0 Å². The molecule has 2 aromatic rings. The lowest BCUT2D eigenvalue weighted by atomic mass is 9.99. The number of aromatic nitrogens is 1. The van der Waals surface area contributed by atoms with Gasteiger partial charge in [0.2, 0.25) is 0 Å². The second-order valence-electron chi connectivity index (χ2n) is 6.71. The van der Waals surface area contributed by atoms with E-state index in [1.807, 2.05) is 18.2 Å². The Kier molecular flexibility index (Phi) is 4.36. The highest BCUT2D eigenvalue weighted by molar-refractivity contribution is 6.30. The highest BCUT2D eigenvalue weighted by Crippen LogP contribution is 2.27. The van der Waals surface area contributed by atoms with Crippen molar-refractivity contribution in [2.75, 3.05) is 24.5 Å². The third-order valence-corrected chi connectivity index (χ3v) is 5.20. The fourth-order valence-electron chi connectivity index (χ4n) is 3.57. The van der Waals surface area contributed by atoms with E-state index in [4.69, 9.17) is 11.6 Å². The lowest BCUT2D eigenvalue weighted by molar-refractivity contribution is 0.0764. The number of amides is 1. The first-order valence-corrected chi connectivity index (χ1v) is 8.92. The predicted octanol–water partition coefficient (Wildman–Crippen LogP) is 2.50. The van der Waals surface area contributed by atoms with Crippen LogP contribution in [0.2, 0.25) is 5.02 Å². The second-order valence-corrected chi connectivity index (χ2v) is 7.15. The van der Waals surface area contributed by atoms with Gasteiger partial charge in [-0.25, -0.2) is 0 Å². The van der Waals surface area contributed by atoms with Crippen LogP contribution in [0, 0.1) is 0 Å². The highest BCUT2D eigenvalue weighted by atomic mass is 35.5. The van der Waals surface area contributed by atoms with Gasteiger partial charge in [-0.05, 0) is 42.2 Å². The Hall–Kier alpha value is -2.11. The summed E-state index contributed by atoms with van der Waals surface area (Å²) < 4.78 is 0. The fraction of sp³-hybridized carbons (Fsp3) is 0.368. The summed E-state index contributed by atoms with van der Waals surface area (Å²) in [7, 11) is 0. The molecule has 6 heteroatoms. The van der Waals surface area contributed by atoms with Gasteiger partial charge in [-0.2, -0.15) is 0 Å². The van der Waals surface area contributed by atoms with Crippen LogP contribution in [0.25, 0.3) is 0 Å². The minimum Gasteiger partial charge on any atom is -0.391 e. The zero-order valence-corrected chi connectivity index (χ0v) is 14.6. The number of benzene rings is 1. The van der Waals surface area contributed by atoms with Crippen molar-refractivity contribution in [3.63, 3.8) is 0 Å². The van der Waals surface area contributed by atoms with Gasteiger partial charge < -0.3 is 14.9 Å². The number of aliphatic hydroxyl groups excluding tert-OH is 1. The van der Waals surface area contributed by atoms with E-state index in [0.29, 0.717) is 25.1 Å². The van der Waals surface area contributed by atoms with Crippen LogP contribution in [-0.4, -0.2) is 46.6 Å². The van der Waals surface area contributed by atoms with Crippen molar-refractivity contribution in [2.45, 2.75) is 25.5 Å². The van der Waals surface area contributed by atoms with E-state index in [1.165, 1.54) is 11.1 Å². The van der Waals surface area contributed by atoms with Gasteiger partial charge in [0.25, 0.3) is 5.91 Å². The van der Waals surface area contributed by atoms with E-state index in [0.717, 1.165) is 30.2 Å². The molecule has 2 aliphatic heterocycles. The zero-order valence-electron chi connectivity index (χ0n) is 13.9. The summed E-state index contributed by atoms with van der Waals surface area (Å²) in [5.41, 5.74) is 4.07.